The zero-order valence-corrected chi connectivity index (χ0v) is 8.02. The van der Waals surface area contributed by atoms with Crippen molar-refractivity contribution in [2.45, 2.75) is 45.6 Å². The van der Waals surface area contributed by atoms with Gasteiger partial charge in [-0.3, -0.25) is 4.79 Å². The van der Waals surface area contributed by atoms with Crippen LogP contribution >= 0.6 is 0 Å². The minimum atomic E-state index is -0.215. The lowest BCUT2D eigenvalue weighted by atomic mass is 9.80. The maximum atomic E-state index is 11.6. The summed E-state index contributed by atoms with van der Waals surface area (Å²) in [6, 6.07) is 0. The Hall–Kier alpha value is -0.530. The molecule has 1 heterocycles. The van der Waals surface area contributed by atoms with Crippen molar-refractivity contribution in [1.82, 2.24) is 0 Å². The highest BCUT2D eigenvalue weighted by atomic mass is 16.6. The highest BCUT2D eigenvalue weighted by Crippen LogP contribution is 2.52. The third-order valence-corrected chi connectivity index (χ3v) is 3.57. The van der Waals surface area contributed by atoms with Gasteiger partial charge in [-0.25, -0.2) is 0 Å². The van der Waals surface area contributed by atoms with Gasteiger partial charge in [-0.05, 0) is 46.0 Å². The van der Waals surface area contributed by atoms with Gasteiger partial charge in [0.05, 0.1) is 5.41 Å². The van der Waals surface area contributed by atoms with Crippen LogP contribution < -0.4 is 0 Å². The summed E-state index contributed by atoms with van der Waals surface area (Å²) in [5.41, 5.74) is -0.368. The first kappa shape index (κ1) is 8.09. The largest absolute Gasteiger partial charge is 0.459 e. The molecule has 0 aromatic carbocycles. The molecule has 0 spiro atoms. The van der Waals surface area contributed by atoms with Crippen LogP contribution in [-0.4, -0.2) is 11.6 Å². The summed E-state index contributed by atoms with van der Waals surface area (Å²) in [6.07, 6.45) is 3.19. The predicted molar refractivity (Wildman–Crippen MR) is 45.6 cm³/mol. The molecular formula is C10H16O2. The summed E-state index contributed by atoms with van der Waals surface area (Å²) in [6.45, 7) is 6.09. The third-order valence-electron chi connectivity index (χ3n) is 3.57. The first-order chi connectivity index (χ1) is 5.44. The lowest BCUT2D eigenvalue weighted by molar-refractivity contribution is -0.180. The van der Waals surface area contributed by atoms with E-state index in [2.05, 4.69) is 0 Å². The first-order valence-electron chi connectivity index (χ1n) is 4.67. The van der Waals surface area contributed by atoms with E-state index in [-0.39, 0.29) is 17.0 Å². The highest BCUT2D eigenvalue weighted by molar-refractivity contribution is 5.78. The number of carbonyl (C=O) groups excluding carboxylic acids is 1. The molecule has 0 amide bonds. The summed E-state index contributed by atoms with van der Waals surface area (Å²) < 4.78 is 5.42. The molecule has 0 aromatic heterocycles. The van der Waals surface area contributed by atoms with Crippen molar-refractivity contribution in [2.24, 2.45) is 11.3 Å². The van der Waals surface area contributed by atoms with E-state index in [4.69, 9.17) is 4.74 Å². The van der Waals surface area contributed by atoms with E-state index in [0.29, 0.717) is 5.92 Å². The summed E-state index contributed by atoms with van der Waals surface area (Å²) in [5, 5.41) is 0. The Morgan fingerprint density at radius 3 is 2.75 bits per heavy atom. The Morgan fingerprint density at radius 1 is 1.42 bits per heavy atom. The Bertz CT molecular complexity index is 232. The second-order valence-corrected chi connectivity index (χ2v) is 4.99. The van der Waals surface area contributed by atoms with Crippen LogP contribution in [0.3, 0.4) is 0 Å². The molecule has 0 radical (unpaired) electrons. The molecule has 2 fully saturated rings. The molecule has 2 aliphatic rings. The molecule has 0 aromatic rings. The monoisotopic (exact) mass is 168 g/mol. The molecule has 1 saturated carbocycles. The minimum Gasteiger partial charge on any atom is -0.459 e. The van der Waals surface area contributed by atoms with Gasteiger partial charge in [0.2, 0.25) is 0 Å². The molecule has 2 rings (SSSR count). The van der Waals surface area contributed by atoms with Gasteiger partial charge < -0.3 is 4.74 Å². The summed E-state index contributed by atoms with van der Waals surface area (Å²) in [4.78, 5) is 11.6. The maximum absolute atomic E-state index is 11.6. The van der Waals surface area contributed by atoms with E-state index in [1.807, 2.05) is 20.8 Å². The molecule has 12 heavy (non-hydrogen) atoms. The van der Waals surface area contributed by atoms with Crippen molar-refractivity contribution in [2.75, 3.05) is 0 Å². The van der Waals surface area contributed by atoms with Crippen molar-refractivity contribution < 1.29 is 9.53 Å². The van der Waals surface area contributed by atoms with Crippen LogP contribution in [0.1, 0.15) is 40.0 Å². The van der Waals surface area contributed by atoms with Crippen LogP contribution in [0, 0.1) is 11.3 Å². The van der Waals surface area contributed by atoms with Gasteiger partial charge in [0.15, 0.2) is 0 Å². The van der Waals surface area contributed by atoms with Gasteiger partial charge >= 0.3 is 5.97 Å². The topological polar surface area (TPSA) is 26.3 Å². The van der Waals surface area contributed by atoms with Crippen LogP contribution in [-0.2, 0) is 9.53 Å². The van der Waals surface area contributed by atoms with Crippen molar-refractivity contribution in [3.05, 3.63) is 0 Å². The van der Waals surface area contributed by atoms with Crippen LogP contribution in [0.2, 0.25) is 0 Å². The molecule has 2 bridgehead atoms. The average molecular weight is 168 g/mol. The molecule has 2 heteroatoms. The van der Waals surface area contributed by atoms with Crippen molar-refractivity contribution >= 4 is 5.97 Å². The van der Waals surface area contributed by atoms with Gasteiger partial charge in [0.1, 0.15) is 5.60 Å². The lowest BCUT2D eigenvalue weighted by Gasteiger charge is -2.39. The number of cyclic esters (lactones) is 1. The van der Waals surface area contributed by atoms with Crippen molar-refractivity contribution in [1.29, 1.82) is 0 Å². The SMILES string of the molecule is CC1(C)OC(=O)[C@@]2(C)CC[C@@H]1C2. The van der Waals surface area contributed by atoms with E-state index >= 15 is 0 Å². The molecule has 1 aliphatic heterocycles. The van der Waals surface area contributed by atoms with E-state index < -0.39 is 0 Å². The lowest BCUT2D eigenvalue weighted by Crippen LogP contribution is -2.44. The fourth-order valence-corrected chi connectivity index (χ4v) is 2.46. The van der Waals surface area contributed by atoms with Gasteiger partial charge in [0.25, 0.3) is 0 Å². The molecule has 68 valence electrons. The van der Waals surface area contributed by atoms with Crippen LogP contribution in [0.25, 0.3) is 0 Å². The van der Waals surface area contributed by atoms with E-state index in [9.17, 15) is 4.79 Å². The number of esters is 1. The summed E-state index contributed by atoms with van der Waals surface area (Å²) in [7, 11) is 0. The summed E-state index contributed by atoms with van der Waals surface area (Å²) >= 11 is 0. The van der Waals surface area contributed by atoms with E-state index in [0.717, 1.165) is 19.3 Å². The average Bonchev–Trinajstić information content (AvgIpc) is 2.28. The van der Waals surface area contributed by atoms with Gasteiger partial charge in [-0.1, -0.05) is 0 Å². The Kier molecular flexibility index (Phi) is 1.37. The van der Waals surface area contributed by atoms with Gasteiger partial charge in [-0.2, -0.15) is 0 Å². The smallest absolute Gasteiger partial charge is 0.312 e. The standard InChI is InChI=1S/C10H16O2/c1-9(2)7-4-5-10(3,6-7)8(11)12-9/h7H,4-6H2,1-3H3/t7-,10+/m1/s1. The fourth-order valence-electron chi connectivity index (χ4n) is 2.46. The quantitative estimate of drug-likeness (QED) is 0.518. The zero-order valence-electron chi connectivity index (χ0n) is 8.02. The molecular weight excluding hydrogens is 152 g/mol. The number of hydrogen-bond acceptors (Lipinski definition) is 2. The second kappa shape index (κ2) is 2.04. The third kappa shape index (κ3) is 0.900. The predicted octanol–water partition coefficient (Wildman–Crippen LogP) is 2.13. The van der Waals surface area contributed by atoms with Crippen LogP contribution in [0.5, 0.6) is 0 Å². The van der Waals surface area contributed by atoms with Crippen molar-refractivity contribution in [3.8, 4) is 0 Å². The zero-order chi connectivity index (χ0) is 8.98. The van der Waals surface area contributed by atoms with Gasteiger partial charge in [-0.15, -0.1) is 0 Å². The van der Waals surface area contributed by atoms with Crippen LogP contribution in [0.15, 0.2) is 0 Å². The minimum absolute atomic E-state index is 0.0150. The fraction of sp³-hybridized carbons (Fsp3) is 0.900. The number of hydrogen-bond donors (Lipinski definition) is 0. The molecule has 1 aliphatic carbocycles. The van der Waals surface area contributed by atoms with E-state index in [1.165, 1.54) is 0 Å². The highest BCUT2D eigenvalue weighted by Gasteiger charge is 2.54. The van der Waals surface area contributed by atoms with E-state index in [1.54, 1.807) is 0 Å². The van der Waals surface area contributed by atoms with Crippen molar-refractivity contribution in [3.63, 3.8) is 0 Å². The number of rotatable bonds is 0. The molecule has 2 nitrogen and oxygen atoms in total. The summed E-state index contributed by atoms with van der Waals surface area (Å²) in [5.74, 6) is 0.599. The number of ether oxygens (including phenoxy) is 1. The Balaban J connectivity index is 2.31. The Labute approximate surface area is 73.3 Å². The molecule has 2 atom stereocenters. The molecule has 1 saturated heterocycles. The first-order valence-corrected chi connectivity index (χ1v) is 4.67. The number of fused-ring (bicyclic) bond motifs is 2. The van der Waals surface area contributed by atoms with Gasteiger partial charge in [0, 0.05) is 0 Å². The maximum Gasteiger partial charge on any atom is 0.312 e. The normalized spacial score (nSPS) is 44.2. The number of carbonyl (C=O) groups is 1. The molecule has 0 unspecified atom stereocenters. The van der Waals surface area contributed by atoms with Crippen LogP contribution in [0.4, 0.5) is 0 Å². The Morgan fingerprint density at radius 2 is 2.08 bits per heavy atom. The second-order valence-electron chi connectivity index (χ2n) is 4.99. The molecule has 0 N–H and O–H groups in total.